The Kier molecular flexibility index (Phi) is 7.04. The summed E-state index contributed by atoms with van der Waals surface area (Å²) in [6.07, 6.45) is 11.6. The molecule has 0 amide bonds. The predicted molar refractivity (Wildman–Crippen MR) is 88.3 cm³/mol. The second-order valence-electron chi connectivity index (χ2n) is 6.15. The molecule has 1 aromatic carbocycles. The van der Waals surface area contributed by atoms with Crippen molar-refractivity contribution >= 4 is 0 Å². The Bertz CT molecular complexity index is 383. The number of rotatable bonds is 10. The first-order chi connectivity index (χ1) is 10.3. The lowest BCUT2D eigenvalue weighted by Crippen LogP contribution is -2.46. The Labute approximate surface area is 129 Å². The van der Waals surface area contributed by atoms with Gasteiger partial charge in [-0.05, 0) is 18.1 Å². The summed E-state index contributed by atoms with van der Waals surface area (Å²) in [6, 6.07) is 8.56. The number of hydrazine groups is 1. The molecule has 1 aliphatic rings. The molecule has 1 aliphatic heterocycles. The molecule has 0 spiro atoms. The van der Waals surface area contributed by atoms with Gasteiger partial charge < -0.3 is 4.74 Å². The van der Waals surface area contributed by atoms with Gasteiger partial charge >= 0.3 is 0 Å². The highest BCUT2D eigenvalue weighted by Gasteiger charge is 2.29. The summed E-state index contributed by atoms with van der Waals surface area (Å²) in [4.78, 5) is 0. The highest BCUT2D eigenvalue weighted by Crippen LogP contribution is 2.30. The number of ether oxygens (including phenoxy) is 1. The van der Waals surface area contributed by atoms with Gasteiger partial charge in [-0.15, -0.1) is 0 Å². The maximum absolute atomic E-state index is 6.03. The van der Waals surface area contributed by atoms with Crippen molar-refractivity contribution in [2.24, 2.45) is 5.84 Å². The van der Waals surface area contributed by atoms with Crippen molar-refractivity contribution in [1.82, 2.24) is 5.43 Å². The van der Waals surface area contributed by atoms with Crippen LogP contribution in [-0.2, 0) is 6.42 Å². The summed E-state index contributed by atoms with van der Waals surface area (Å²) in [5, 5.41) is 0. The largest absolute Gasteiger partial charge is 0.488 e. The average molecular weight is 290 g/mol. The van der Waals surface area contributed by atoms with Crippen molar-refractivity contribution in [1.29, 1.82) is 0 Å². The number of fused-ring (bicyclic) bond motifs is 1. The predicted octanol–water partition coefficient (Wildman–Crippen LogP) is 3.96. The van der Waals surface area contributed by atoms with Gasteiger partial charge in [0, 0.05) is 6.42 Å². The van der Waals surface area contributed by atoms with E-state index in [1.165, 1.54) is 50.5 Å². The smallest absolute Gasteiger partial charge is 0.123 e. The molecular formula is C18H30N2O. The van der Waals surface area contributed by atoms with Crippen LogP contribution in [0.2, 0.25) is 0 Å². The van der Waals surface area contributed by atoms with Crippen LogP contribution in [-0.4, -0.2) is 12.1 Å². The Hall–Kier alpha value is -1.06. The molecule has 118 valence electrons. The molecule has 3 heteroatoms. The van der Waals surface area contributed by atoms with Gasteiger partial charge in [-0.2, -0.15) is 0 Å². The Morgan fingerprint density at radius 1 is 1.14 bits per heavy atom. The Morgan fingerprint density at radius 3 is 2.57 bits per heavy atom. The molecule has 0 fully saturated rings. The molecule has 1 aromatic rings. The zero-order valence-electron chi connectivity index (χ0n) is 13.3. The van der Waals surface area contributed by atoms with Crippen molar-refractivity contribution < 1.29 is 4.74 Å². The van der Waals surface area contributed by atoms with Gasteiger partial charge in [0.2, 0.25) is 0 Å². The van der Waals surface area contributed by atoms with Crippen LogP contribution in [0.15, 0.2) is 24.3 Å². The molecular weight excluding hydrogens is 260 g/mol. The highest BCUT2D eigenvalue weighted by molar-refractivity contribution is 5.37. The first kappa shape index (κ1) is 16.3. The third kappa shape index (κ3) is 5.01. The van der Waals surface area contributed by atoms with Crippen LogP contribution in [0.3, 0.4) is 0 Å². The van der Waals surface area contributed by atoms with E-state index in [0.29, 0.717) is 0 Å². The van der Waals surface area contributed by atoms with E-state index in [4.69, 9.17) is 10.6 Å². The second-order valence-corrected chi connectivity index (χ2v) is 6.15. The lowest BCUT2D eigenvalue weighted by molar-refractivity contribution is 0.170. The van der Waals surface area contributed by atoms with Crippen LogP contribution in [0.4, 0.5) is 0 Å². The van der Waals surface area contributed by atoms with E-state index in [2.05, 4.69) is 30.5 Å². The number of unbranched alkanes of at least 4 members (excludes halogenated alkanes) is 6. The van der Waals surface area contributed by atoms with Gasteiger partial charge in [-0.1, -0.05) is 70.1 Å². The number of hydrogen-bond donors (Lipinski definition) is 2. The standard InChI is InChI=1S/C18H30N2O/c1-2-3-4-5-6-7-8-12-16(20-19)18-14-15-11-9-10-13-17(15)21-18/h9-11,13,16,18,20H,2-8,12,14,19H2,1H3. The van der Waals surface area contributed by atoms with Gasteiger partial charge in [-0.3, -0.25) is 11.3 Å². The van der Waals surface area contributed by atoms with E-state index in [1.54, 1.807) is 0 Å². The van der Waals surface area contributed by atoms with Crippen molar-refractivity contribution in [2.45, 2.75) is 76.9 Å². The first-order valence-corrected chi connectivity index (χ1v) is 8.56. The molecule has 2 rings (SSSR count). The van der Waals surface area contributed by atoms with Gasteiger partial charge in [0.15, 0.2) is 0 Å². The fraction of sp³-hybridized carbons (Fsp3) is 0.667. The lowest BCUT2D eigenvalue weighted by Gasteiger charge is -2.22. The summed E-state index contributed by atoms with van der Waals surface area (Å²) < 4.78 is 6.03. The summed E-state index contributed by atoms with van der Waals surface area (Å²) in [7, 11) is 0. The van der Waals surface area contributed by atoms with Crippen molar-refractivity contribution in [2.75, 3.05) is 0 Å². The SMILES string of the molecule is CCCCCCCCCC(NN)C1Cc2ccccc2O1. The number of hydrogen-bond acceptors (Lipinski definition) is 3. The van der Waals surface area contributed by atoms with Crippen molar-refractivity contribution in [3.63, 3.8) is 0 Å². The normalized spacial score (nSPS) is 18.3. The van der Waals surface area contributed by atoms with Gasteiger partial charge in [-0.25, -0.2) is 0 Å². The molecule has 0 aromatic heterocycles. The maximum Gasteiger partial charge on any atom is 0.123 e. The molecule has 0 radical (unpaired) electrons. The number of benzene rings is 1. The van der Waals surface area contributed by atoms with Gasteiger partial charge in [0.05, 0.1) is 6.04 Å². The topological polar surface area (TPSA) is 47.3 Å². The fourth-order valence-electron chi connectivity index (χ4n) is 3.13. The van der Waals surface area contributed by atoms with Crippen LogP contribution in [0.25, 0.3) is 0 Å². The monoisotopic (exact) mass is 290 g/mol. The summed E-state index contributed by atoms with van der Waals surface area (Å²) >= 11 is 0. The number of nitrogens with one attached hydrogen (secondary N) is 1. The zero-order chi connectivity index (χ0) is 14.9. The molecule has 0 bridgehead atoms. The summed E-state index contributed by atoms with van der Waals surface area (Å²) in [6.45, 7) is 2.26. The first-order valence-electron chi connectivity index (χ1n) is 8.56. The number of nitrogens with two attached hydrogens (primary N) is 1. The van der Waals surface area contributed by atoms with Crippen LogP contribution in [0.5, 0.6) is 5.75 Å². The Morgan fingerprint density at radius 2 is 1.86 bits per heavy atom. The van der Waals surface area contributed by atoms with Crippen molar-refractivity contribution in [3.05, 3.63) is 29.8 Å². The lowest BCUT2D eigenvalue weighted by atomic mass is 9.99. The zero-order valence-corrected chi connectivity index (χ0v) is 13.3. The highest BCUT2D eigenvalue weighted by atomic mass is 16.5. The van der Waals surface area contributed by atoms with E-state index in [9.17, 15) is 0 Å². The Balaban J connectivity index is 1.65. The van der Waals surface area contributed by atoms with E-state index in [0.717, 1.165) is 18.6 Å². The van der Waals surface area contributed by atoms with E-state index >= 15 is 0 Å². The molecule has 21 heavy (non-hydrogen) atoms. The minimum Gasteiger partial charge on any atom is -0.488 e. The summed E-state index contributed by atoms with van der Waals surface area (Å²) in [5.74, 6) is 6.77. The summed E-state index contributed by atoms with van der Waals surface area (Å²) in [5.41, 5.74) is 4.27. The molecule has 0 saturated carbocycles. The van der Waals surface area contributed by atoms with E-state index in [-0.39, 0.29) is 12.1 Å². The van der Waals surface area contributed by atoms with E-state index < -0.39 is 0 Å². The minimum atomic E-state index is 0.187. The van der Waals surface area contributed by atoms with Crippen molar-refractivity contribution in [3.8, 4) is 5.75 Å². The molecule has 3 N–H and O–H groups in total. The quantitative estimate of drug-likeness (QED) is 0.389. The fourth-order valence-corrected chi connectivity index (χ4v) is 3.13. The molecule has 3 nitrogen and oxygen atoms in total. The second kappa shape index (κ2) is 9.06. The van der Waals surface area contributed by atoms with Crippen LogP contribution in [0, 0.1) is 0 Å². The molecule has 1 heterocycles. The van der Waals surface area contributed by atoms with Crippen LogP contribution < -0.4 is 16.0 Å². The average Bonchev–Trinajstić information content (AvgIpc) is 2.94. The third-order valence-corrected chi connectivity index (χ3v) is 4.45. The minimum absolute atomic E-state index is 0.187. The molecule has 2 unspecified atom stereocenters. The van der Waals surface area contributed by atoms with Crippen LogP contribution >= 0.6 is 0 Å². The molecule has 2 atom stereocenters. The molecule has 0 aliphatic carbocycles. The van der Waals surface area contributed by atoms with E-state index in [1.807, 2.05) is 6.07 Å². The third-order valence-electron chi connectivity index (χ3n) is 4.45. The molecule has 0 saturated heterocycles. The maximum atomic E-state index is 6.03. The van der Waals surface area contributed by atoms with Crippen LogP contribution in [0.1, 0.15) is 63.9 Å². The van der Waals surface area contributed by atoms with Gasteiger partial charge in [0.25, 0.3) is 0 Å². The van der Waals surface area contributed by atoms with Gasteiger partial charge in [0.1, 0.15) is 11.9 Å². The number of para-hydroxylation sites is 1.